The summed E-state index contributed by atoms with van der Waals surface area (Å²) < 4.78 is 19.6. The third-order valence-corrected chi connectivity index (χ3v) is 3.64. The Morgan fingerprint density at radius 1 is 1.25 bits per heavy atom. The van der Waals surface area contributed by atoms with Crippen molar-refractivity contribution in [3.63, 3.8) is 0 Å². The minimum absolute atomic E-state index is 0.346. The molecule has 106 valence electrons. The van der Waals surface area contributed by atoms with Crippen LogP contribution in [0.2, 0.25) is 0 Å². The lowest BCUT2D eigenvalue weighted by Crippen LogP contribution is -2.02. The maximum atomic E-state index is 13.4. The van der Waals surface area contributed by atoms with Gasteiger partial charge in [-0.25, -0.2) is 4.39 Å². The number of benzene rings is 2. The molecule has 1 atom stereocenters. The number of aryl methyl sites for hydroxylation is 1. The van der Waals surface area contributed by atoms with E-state index in [0.29, 0.717) is 17.7 Å². The third-order valence-electron chi connectivity index (χ3n) is 2.96. The quantitative estimate of drug-likeness (QED) is 0.896. The molecule has 0 aliphatic carbocycles. The number of rotatable bonds is 4. The zero-order valence-corrected chi connectivity index (χ0v) is 12.9. The van der Waals surface area contributed by atoms with E-state index in [1.165, 1.54) is 12.1 Å². The van der Waals surface area contributed by atoms with E-state index >= 15 is 0 Å². The van der Waals surface area contributed by atoms with Crippen LogP contribution in [0.4, 0.5) is 4.39 Å². The van der Waals surface area contributed by atoms with Gasteiger partial charge in [0.25, 0.3) is 0 Å². The molecule has 0 amide bonds. The number of halogens is 2. The van der Waals surface area contributed by atoms with Crippen molar-refractivity contribution in [1.82, 2.24) is 0 Å². The molecule has 4 heteroatoms. The van der Waals surface area contributed by atoms with Crippen molar-refractivity contribution < 1.29 is 14.2 Å². The number of aliphatic hydroxyl groups is 1. The van der Waals surface area contributed by atoms with Gasteiger partial charge in [0.1, 0.15) is 17.7 Å². The molecule has 2 aromatic carbocycles. The van der Waals surface area contributed by atoms with Crippen LogP contribution in [-0.4, -0.2) is 11.7 Å². The largest absolute Gasteiger partial charge is 0.494 e. The number of hydrogen-bond donors (Lipinski definition) is 1. The summed E-state index contributed by atoms with van der Waals surface area (Å²) in [7, 11) is 0. The summed E-state index contributed by atoms with van der Waals surface area (Å²) in [6, 6.07) is 9.92. The lowest BCUT2D eigenvalue weighted by Gasteiger charge is -2.15. The maximum Gasteiger partial charge on any atom is 0.123 e. The van der Waals surface area contributed by atoms with E-state index in [9.17, 15) is 9.50 Å². The first kappa shape index (κ1) is 15.0. The van der Waals surface area contributed by atoms with Gasteiger partial charge in [0, 0.05) is 4.47 Å². The Labute approximate surface area is 126 Å². The molecule has 0 aliphatic heterocycles. The van der Waals surface area contributed by atoms with Gasteiger partial charge in [-0.3, -0.25) is 0 Å². The van der Waals surface area contributed by atoms with E-state index in [-0.39, 0.29) is 5.82 Å². The highest BCUT2D eigenvalue weighted by Crippen LogP contribution is 2.32. The first-order chi connectivity index (χ1) is 9.51. The third kappa shape index (κ3) is 3.38. The summed E-state index contributed by atoms with van der Waals surface area (Å²) in [4.78, 5) is 0. The van der Waals surface area contributed by atoms with Crippen molar-refractivity contribution in [2.75, 3.05) is 6.61 Å². The summed E-state index contributed by atoms with van der Waals surface area (Å²) in [5.41, 5.74) is 1.99. The molecule has 0 bridgehead atoms. The molecule has 2 aromatic rings. The predicted molar refractivity (Wildman–Crippen MR) is 80.5 cm³/mol. The molecule has 20 heavy (non-hydrogen) atoms. The van der Waals surface area contributed by atoms with Gasteiger partial charge in [0.05, 0.1) is 6.61 Å². The highest BCUT2D eigenvalue weighted by molar-refractivity contribution is 9.10. The van der Waals surface area contributed by atoms with Crippen LogP contribution in [0.15, 0.2) is 40.9 Å². The van der Waals surface area contributed by atoms with Crippen molar-refractivity contribution in [2.45, 2.75) is 20.0 Å². The fourth-order valence-corrected chi connectivity index (χ4v) is 2.66. The second-order valence-corrected chi connectivity index (χ2v) is 5.44. The summed E-state index contributed by atoms with van der Waals surface area (Å²) in [5.74, 6) is 0.381. The average Bonchev–Trinajstić information content (AvgIpc) is 2.37. The summed E-state index contributed by atoms with van der Waals surface area (Å²) >= 11 is 3.42. The molecule has 0 heterocycles. The maximum absolute atomic E-state index is 13.4. The SMILES string of the molecule is CCOc1ccc(C(O)c2cc(C)cc(F)c2)c(Br)c1. The number of ether oxygens (including phenoxy) is 1. The summed E-state index contributed by atoms with van der Waals surface area (Å²) in [5, 5.41) is 10.4. The molecular formula is C16H16BrFO2. The van der Waals surface area contributed by atoms with Gasteiger partial charge in [-0.2, -0.15) is 0 Å². The van der Waals surface area contributed by atoms with E-state index in [1.807, 2.05) is 6.92 Å². The fourth-order valence-electron chi connectivity index (χ4n) is 2.09. The molecule has 0 spiro atoms. The molecule has 0 aliphatic rings. The molecule has 1 unspecified atom stereocenters. The smallest absolute Gasteiger partial charge is 0.123 e. The molecule has 2 nitrogen and oxygen atoms in total. The Morgan fingerprint density at radius 3 is 2.60 bits per heavy atom. The fraction of sp³-hybridized carbons (Fsp3) is 0.250. The van der Waals surface area contributed by atoms with Gasteiger partial charge in [0.2, 0.25) is 0 Å². The minimum atomic E-state index is -0.880. The highest BCUT2D eigenvalue weighted by atomic mass is 79.9. The lowest BCUT2D eigenvalue weighted by molar-refractivity contribution is 0.218. The number of aliphatic hydroxyl groups excluding tert-OH is 1. The monoisotopic (exact) mass is 338 g/mol. The van der Waals surface area contributed by atoms with E-state index in [0.717, 1.165) is 15.8 Å². The van der Waals surface area contributed by atoms with E-state index in [2.05, 4.69) is 15.9 Å². The van der Waals surface area contributed by atoms with E-state index < -0.39 is 6.10 Å². The molecule has 2 rings (SSSR count). The van der Waals surface area contributed by atoms with Crippen LogP contribution >= 0.6 is 15.9 Å². The number of hydrogen-bond acceptors (Lipinski definition) is 2. The van der Waals surface area contributed by atoms with Crippen molar-refractivity contribution in [3.05, 3.63) is 63.4 Å². The van der Waals surface area contributed by atoms with Crippen LogP contribution < -0.4 is 4.74 Å². The first-order valence-corrected chi connectivity index (χ1v) is 7.18. The molecule has 0 saturated carbocycles. The Hall–Kier alpha value is -1.39. The van der Waals surface area contributed by atoms with Crippen molar-refractivity contribution in [2.24, 2.45) is 0 Å². The molecule has 0 aromatic heterocycles. The molecule has 0 fully saturated rings. The second kappa shape index (κ2) is 6.37. The minimum Gasteiger partial charge on any atom is -0.494 e. The van der Waals surface area contributed by atoms with Gasteiger partial charge in [-0.1, -0.05) is 28.1 Å². The van der Waals surface area contributed by atoms with Crippen LogP contribution in [0, 0.1) is 12.7 Å². The van der Waals surface area contributed by atoms with Crippen molar-refractivity contribution >= 4 is 15.9 Å². The van der Waals surface area contributed by atoms with Crippen molar-refractivity contribution in [1.29, 1.82) is 0 Å². The van der Waals surface area contributed by atoms with Crippen LogP contribution in [0.25, 0.3) is 0 Å². The summed E-state index contributed by atoms with van der Waals surface area (Å²) in [6.45, 7) is 4.29. The van der Waals surface area contributed by atoms with Gasteiger partial charge >= 0.3 is 0 Å². The van der Waals surface area contributed by atoms with Gasteiger partial charge < -0.3 is 9.84 Å². The van der Waals surface area contributed by atoms with Crippen LogP contribution in [0.5, 0.6) is 5.75 Å². The van der Waals surface area contributed by atoms with E-state index in [1.54, 1.807) is 31.2 Å². The second-order valence-electron chi connectivity index (χ2n) is 4.58. The standard InChI is InChI=1S/C16H16BrFO2/c1-3-20-13-4-5-14(15(17)9-13)16(19)11-6-10(2)7-12(18)8-11/h4-9,16,19H,3H2,1-2H3. The highest BCUT2D eigenvalue weighted by Gasteiger charge is 2.15. The van der Waals surface area contributed by atoms with Crippen LogP contribution in [0.1, 0.15) is 29.7 Å². The van der Waals surface area contributed by atoms with E-state index in [4.69, 9.17) is 4.74 Å². The molecule has 0 radical (unpaired) electrons. The Morgan fingerprint density at radius 2 is 2.00 bits per heavy atom. The van der Waals surface area contributed by atoms with Gasteiger partial charge in [-0.05, 0) is 54.8 Å². The van der Waals surface area contributed by atoms with Crippen molar-refractivity contribution in [3.8, 4) is 5.75 Å². The Bertz CT molecular complexity index is 593. The average molecular weight is 339 g/mol. The summed E-state index contributed by atoms with van der Waals surface area (Å²) in [6.07, 6.45) is -0.880. The molecular weight excluding hydrogens is 323 g/mol. The van der Waals surface area contributed by atoms with Gasteiger partial charge in [-0.15, -0.1) is 0 Å². The van der Waals surface area contributed by atoms with Crippen LogP contribution in [0.3, 0.4) is 0 Å². The Balaban J connectivity index is 2.35. The Kier molecular flexibility index (Phi) is 4.78. The zero-order valence-electron chi connectivity index (χ0n) is 11.4. The normalized spacial score (nSPS) is 12.2. The predicted octanol–water partition coefficient (Wildman–Crippen LogP) is 4.38. The first-order valence-electron chi connectivity index (χ1n) is 6.38. The zero-order chi connectivity index (χ0) is 14.7. The molecule has 1 N–H and O–H groups in total. The topological polar surface area (TPSA) is 29.5 Å². The van der Waals surface area contributed by atoms with Gasteiger partial charge in [0.15, 0.2) is 0 Å². The van der Waals surface area contributed by atoms with Crippen LogP contribution in [-0.2, 0) is 0 Å². The lowest BCUT2D eigenvalue weighted by atomic mass is 10.00. The molecule has 0 saturated heterocycles.